The number of carboxylic acids is 1. The number of aromatic carboxylic acids is 1. The summed E-state index contributed by atoms with van der Waals surface area (Å²) in [6.07, 6.45) is 0. The van der Waals surface area contributed by atoms with Gasteiger partial charge in [0.15, 0.2) is 0 Å². The van der Waals surface area contributed by atoms with E-state index in [0.29, 0.717) is 6.07 Å². The van der Waals surface area contributed by atoms with E-state index in [4.69, 9.17) is 5.11 Å². The summed E-state index contributed by atoms with van der Waals surface area (Å²) in [5.74, 6) is -2.12. The number of rotatable bonds is 5. The first-order valence-electron chi connectivity index (χ1n) is 6.58. The van der Waals surface area contributed by atoms with E-state index in [2.05, 4.69) is 0 Å². The van der Waals surface area contributed by atoms with Gasteiger partial charge in [-0.2, -0.15) is 13.2 Å². The van der Waals surface area contributed by atoms with Crippen LogP contribution < -0.4 is 0 Å². The van der Waals surface area contributed by atoms with Gasteiger partial charge in [0, 0.05) is 10.6 Å². The molecule has 0 aliphatic heterocycles. The van der Waals surface area contributed by atoms with Gasteiger partial charge in [-0.1, -0.05) is 18.2 Å². The normalized spacial score (nSPS) is 12.2. The minimum atomic E-state index is -5.70. The van der Waals surface area contributed by atoms with Crippen molar-refractivity contribution >= 4 is 27.6 Å². The molecule has 0 atom stereocenters. The molecule has 0 bridgehead atoms. The van der Waals surface area contributed by atoms with Gasteiger partial charge in [0.25, 0.3) is 9.84 Å². The molecule has 2 aromatic rings. The molecule has 0 unspecified atom stereocenters. The summed E-state index contributed by atoms with van der Waals surface area (Å²) in [7, 11) is -5.70. The van der Waals surface area contributed by atoms with Gasteiger partial charge >= 0.3 is 11.5 Å². The first-order chi connectivity index (χ1) is 11.5. The van der Waals surface area contributed by atoms with Crippen LogP contribution in [0.15, 0.2) is 52.3 Å². The monoisotopic (exact) mass is 394 g/mol. The molecule has 0 spiro atoms. The molecular weight excluding hydrogens is 384 g/mol. The predicted octanol–water partition coefficient (Wildman–Crippen LogP) is 4.11. The zero-order chi connectivity index (χ0) is 18.8. The third-order valence-corrected chi connectivity index (χ3v) is 5.58. The van der Waals surface area contributed by atoms with Crippen molar-refractivity contribution in [1.29, 1.82) is 0 Å². The fraction of sp³-hybridized carbons (Fsp3) is 0.133. The molecule has 0 amide bonds. The van der Waals surface area contributed by atoms with Crippen LogP contribution >= 0.6 is 11.8 Å². The number of carbonyl (C=O) groups is 1. The molecule has 1 N–H and O–H groups in total. The molecule has 0 fully saturated rings. The lowest BCUT2D eigenvalue weighted by molar-refractivity contribution is -0.0436. The predicted molar refractivity (Wildman–Crippen MR) is 82.6 cm³/mol. The van der Waals surface area contributed by atoms with Gasteiger partial charge in [-0.25, -0.2) is 17.6 Å². The molecule has 25 heavy (non-hydrogen) atoms. The fourth-order valence-corrected chi connectivity index (χ4v) is 3.73. The van der Waals surface area contributed by atoms with Gasteiger partial charge in [0.05, 0.1) is 10.5 Å². The molecule has 0 heterocycles. The highest BCUT2D eigenvalue weighted by Gasteiger charge is 2.47. The Morgan fingerprint density at radius 3 is 2.32 bits per heavy atom. The first-order valence-corrected chi connectivity index (χ1v) is 9.05. The largest absolute Gasteiger partial charge is 0.501 e. The Bertz CT molecular complexity index is 908. The van der Waals surface area contributed by atoms with Crippen molar-refractivity contribution in [3.63, 3.8) is 0 Å². The molecular formula is C15H10F4O4S2. The maximum Gasteiger partial charge on any atom is 0.501 e. The number of alkyl halides is 3. The van der Waals surface area contributed by atoms with Crippen LogP contribution in [0.4, 0.5) is 17.6 Å². The standard InChI is InChI=1S/C15H10F4O4S2/c16-13-4-2-1-3-9(13)8-24-11-5-10(14(20)21)6-12(7-11)25(22,23)15(17,18)19/h1-7H,8H2,(H,20,21). The molecule has 2 aromatic carbocycles. The first kappa shape index (κ1) is 19.3. The van der Waals surface area contributed by atoms with E-state index < -0.39 is 37.6 Å². The van der Waals surface area contributed by atoms with E-state index in [1.807, 2.05) is 0 Å². The van der Waals surface area contributed by atoms with Crippen LogP contribution in [0.1, 0.15) is 15.9 Å². The van der Waals surface area contributed by atoms with Crippen LogP contribution in [0.3, 0.4) is 0 Å². The topological polar surface area (TPSA) is 71.4 Å². The lowest BCUT2D eigenvalue weighted by Gasteiger charge is -2.11. The minimum Gasteiger partial charge on any atom is -0.478 e. The number of sulfone groups is 1. The van der Waals surface area contributed by atoms with Crippen molar-refractivity contribution in [2.75, 3.05) is 0 Å². The number of halogens is 4. The third kappa shape index (κ3) is 4.31. The third-order valence-electron chi connectivity index (χ3n) is 3.09. The van der Waals surface area contributed by atoms with Crippen molar-refractivity contribution in [3.8, 4) is 0 Å². The van der Waals surface area contributed by atoms with Gasteiger partial charge < -0.3 is 5.11 Å². The molecule has 134 valence electrons. The quantitative estimate of drug-likeness (QED) is 0.610. The lowest BCUT2D eigenvalue weighted by atomic mass is 10.2. The second kappa shape index (κ2) is 7.04. The SMILES string of the molecule is O=C(O)c1cc(SCc2ccccc2F)cc(S(=O)(=O)C(F)(F)F)c1. The van der Waals surface area contributed by atoms with Crippen LogP contribution in [0.25, 0.3) is 0 Å². The van der Waals surface area contributed by atoms with Gasteiger partial charge in [-0.05, 0) is 29.8 Å². The highest BCUT2D eigenvalue weighted by molar-refractivity contribution is 7.98. The smallest absolute Gasteiger partial charge is 0.478 e. The molecule has 0 radical (unpaired) electrons. The van der Waals surface area contributed by atoms with Crippen LogP contribution in [-0.2, 0) is 15.6 Å². The van der Waals surface area contributed by atoms with Crippen LogP contribution in [0, 0.1) is 5.82 Å². The van der Waals surface area contributed by atoms with E-state index in [1.54, 1.807) is 6.07 Å². The summed E-state index contributed by atoms with van der Waals surface area (Å²) in [5.41, 5.74) is -5.92. The van der Waals surface area contributed by atoms with E-state index in [0.717, 1.165) is 23.9 Å². The van der Waals surface area contributed by atoms with Crippen molar-refractivity contribution in [1.82, 2.24) is 0 Å². The molecule has 0 saturated heterocycles. The zero-order valence-corrected chi connectivity index (χ0v) is 13.9. The van der Waals surface area contributed by atoms with Crippen molar-refractivity contribution in [3.05, 3.63) is 59.4 Å². The van der Waals surface area contributed by atoms with Crippen molar-refractivity contribution in [2.45, 2.75) is 21.1 Å². The zero-order valence-electron chi connectivity index (χ0n) is 12.2. The number of carboxylic acid groups (broad SMARTS) is 1. The van der Waals surface area contributed by atoms with E-state index in [1.165, 1.54) is 18.2 Å². The summed E-state index contributed by atoms with van der Waals surface area (Å²) in [5, 5.41) is 8.99. The molecule has 10 heteroatoms. The highest BCUT2D eigenvalue weighted by Crippen LogP contribution is 2.34. The van der Waals surface area contributed by atoms with E-state index in [9.17, 15) is 30.8 Å². The van der Waals surface area contributed by atoms with Crippen molar-refractivity contribution < 1.29 is 35.9 Å². The number of hydrogen-bond donors (Lipinski definition) is 1. The van der Waals surface area contributed by atoms with Gasteiger partial charge in [-0.15, -0.1) is 11.8 Å². The second-order valence-corrected chi connectivity index (χ2v) is 7.82. The fourth-order valence-electron chi connectivity index (χ4n) is 1.84. The Labute approximate surface area is 144 Å². The minimum absolute atomic E-state index is 0.0126. The van der Waals surface area contributed by atoms with Gasteiger partial charge in [0.1, 0.15) is 5.82 Å². The number of hydrogen-bond acceptors (Lipinski definition) is 4. The number of benzene rings is 2. The molecule has 4 nitrogen and oxygen atoms in total. The summed E-state index contributed by atoms with van der Waals surface area (Å²) >= 11 is 0.825. The Kier molecular flexibility index (Phi) is 5.43. The molecule has 0 aromatic heterocycles. The molecule has 0 aliphatic carbocycles. The van der Waals surface area contributed by atoms with Crippen LogP contribution in [-0.4, -0.2) is 25.0 Å². The molecule has 0 aliphatic rings. The van der Waals surface area contributed by atoms with Crippen LogP contribution in [0.2, 0.25) is 0 Å². The van der Waals surface area contributed by atoms with Crippen molar-refractivity contribution in [2.24, 2.45) is 0 Å². The Hall–Kier alpha value is -2.07. The second-order valence-electron chi connectivity index (χ2n) is 4.83. The van der Waals surface area contributed by atoms with Crippen LogP contribution in [0.5, 0.6) is 0 Å². The van der Waals surface area contributed by atoms with E-state index >= 15 is 0 Å². The van der Waals surface area contributed by atoms with Gasteiger partial charge in [-0.3, -0.25) is 0 Å². The molecule has 0 saturated carbocycles. The van der Waals surface area contributed by atoms with E-state index in [-0.39, 0.29) is 16.2 Å². The molecule has 2 rings (SSSR count). The average Bonchev–Trinajstić information content (AvgIpc) is 2.52. The summed E-state index contributed by atoms with van der Waals surface area (Å²) in [4.78, 5) is 9.86. The average molecular weight is 394 g/mol. The summed E-state index contributed by atoms with van der Waals surface area (Å²) in [6.45, 7) is 0. The maximum atomic E-state index is 13.6. The number of thioether (sulfide) groups is 1. The van der Waals surface area contributed by atoms with Gasteiger partial charge in [0.2, 0.25) is 0 Å². The summed E-state index contributed by atoms with van der Waals surface area (Å²) < 4.78 is 74.7. The Morgan fingerprint density at radius 1 is 1.12 bits per heavy atom. The lowest BCUT2D eigenvalue weighted by Crippen LogP contribution is -2.23. The summed E-state index contributed by atoms with van der Waals surface area (Å²) in [6, 6.07) is 7.87. The maximum absolute atomic E-state index is 13.6. The Balaban J connectivity index is 2.42. The Morgan fingerprint density at radius 2 is 1.76 bits per heavy atom. The highest BCUT2D eigenvalue weighted by atomic mass is 32.2.